The van der Waals surface area contributed by atoms with Gasteiger partial charge in [-0.3, -0.25) is 4.90 Å². The molecule has 0 bridgehead atoms. The molecule has 0 aromatic heterocycles. The fraction of sp³-hybridized carbons (Fsp3) is 0.600. The van der Waals surface area contributed by atoms with Crippen molar-refractivity contribution < 1.29 is 10.2 Å². The van der Waals surface area contributed by atoms with Crippen LogP contribution in [0.5, 0.6) is 0 Å². The third kappa shape index (κ3) is 3.31. The molecule has 18 heavy (non-hydrogen) atoms. The molecule has 0 saturated carbocycles. The van der Waals surface area contributed by atoms with Crippen LogP contribution in [0.15, 0.2) is 30.3 Å². The summed E-state index contributed by atoms with van der Waals surface area (Å²) >= 11 is 0. The Bertz CT molecular complexity index is 364. The first kappa shape index (κ1) is 13.5. The maximum atomic E-state index is 10.5. The Kier molecular flexibility index (Phi) is 4.38. The molecule has 1 aliphatic rings. The molecule has 1 aromatic rings. The number of β-amino-alcohol motifs (C(OH)–C–C–N with tert-alkyl or cyclic N) is 1. The van der Waals surface area contributed by atoms with Gasteiger partial charge in [0.05, 0.1) is 5.60 Å². The summed E-state index contributed by atoms with van der Waals surface area (Å²) in [5, 5.41) is 19.5. The molecule has 0 radical (unpaired) electrons. The minimum absolute atomic E-state index is 0.166. The molecule has 3 heteroatoms. The summed E-state index contributed by atoms with van der Waals surface area (Å²) in [5.74, 6) is 0.217. The van der Waals surface area contributed by atoms with E-state index in [1.165, 1.54) is 5.56 Å². The SMILES string of the molecule is C[C@]1(O)CN(Cc2ccccc2)CC[C@H]1CCO. The lowest BCUT2D eigenvalue weighted by atomic mass is 9.80. The fourth-order valence-corrected chi connectivity index (χ4v) is 2.90. The molecule has 100 valence electrons. The first-order chi connectivity index (χ1) is 8.62. The number of hydrogen-bond donors (Lipinski definition) is 2. The van der Waals surface area contributed by atoms with Gasteiger partial charge in [-0.1, -0.05) is 30.3 Å². The number of hydrogen-bond acceptors (Lipinski definition) is 3. The fourth-order valence-electron chi connectivity index (χ4n) is 2.90. The van der Waals surface area contributed by atoms with E-state index in [9.17, 15) is 5.11 Å². The maximum Gasteiger partial charge on any atom is 0.0775 e. The predicted molar refractivity (Wildman–Crippen MR) is 72.2 cm³/mol. The Hall–Kier alpha value is -0.900. The van der Waals surface area contributed by atoms with Gasteiger partial charge in [-0.15, -0.1) is 0 Å². The van der Waals surface area contributed by atoms with Crippen LogP contribution in [0.4, 0.5) is 0 Å². The molecule has 1 aromatic carbocycles. The number of likely N-dealkylation sites (tertiary alicyclic amines) is 1. The summed E-state index contributed by atoms with van der Waals surface area (Å²) in [7, 11) is 0. The van der Waals surface area contributed by atoms with Crippen molar-refractivity contribution in [1.29, 1.82) is 0 Å². The first-order valence-corrected chi connectivity index (χ1v) is 6.71. The zero-order chi connectivity index (χ0) is 13.0. The quantitative estimate of drug-likeness (QED) is 0.852. The Morgan fingerprint density at radius 1 is 1.33 bits per heavy atom. The van der Waals surface area contributed by atoms with Crippen LogP contribution in [0.25, 0.3) is 0 Å². The molecule has 1 heterocycles. The van der Waals surface area contributed by atoms with Crippen molar-refractivity contribution in [2.45, 2.75) is 31.9 Å². The lowest BCUT2D eigenvalue weighted by Crippen LogP contribution is -2.51. The smallest absolute Gasteiger partial charge is 0.0775 e. The van der Waals surface area contributed by atoms with Crippen LogP contribution in [0.3, 0.4) is 0 Å². The summed E-state index contributed by atoms with van der Waals surface area (Å²) in [6.07, 6.45) is 1.66. The summed E-state index contributed by atoms with van der Waals surface area (Å²) in [5.41, 5.74) is 0.601. The number of benzene rings is 1. The molecule has 1 fully saturated rings. The summed E-state index contributed by atoms with van der Waals surface area (Å²) < 4.78 is 0. The molecule has 0 unspecified atom stereocenters. The number of nitrogens with zero attached hydrogens (tertiary/aromatic N) is 1. The minimum Gasteiger partial charge on any atom is -0.396 e. The number of aliphatic hydroxyl groups is 2. The molecule has 1 aliphatic heterocycles. The van der Waals surface area contributed by atoms with Crippen LogP contribution in [0.1, 0.15) is 25.3 Å². The molecule has 2 N–H and O–H groups in total. The average Bonchev–Trinajstić information content (AvgIpc) is 2.33. The van der Waals surface area contributed by atoms with E-state index in [0.29, 0.717) is 13.0 Å². The van der Waals surface area contributed by atoms with Crippen LogP contribution in [-0.4, -0.2) is 40.4 Å². The summed E-state index contributed by atoms with van der Waals surface area (Å²) in [6, 6.07) is 10.4. The highest BCUT2D eigenvalue weighted by atomic mass is 16.3. The normalized spacial score (nSPS) is 29.4. The second kappa shape index (κ2) is 5.83. The van der Waals surface area contributed by atoms with Gasteiger partial charge in [0.1, 0.15) is 0 Å². The van der Waals surface area contributed by atoms with E-state index in [1.54, 1.807) is 0 Å². The van der Waals surface area contributed by atoms with Crippen molar-refractivity contribution in [3.8, 4) is 0 Å². The Balaban J connectivity index is 1.94. The number of rotatable bonds is 4. The Morgan fingerprint density at radius 2 is 2.06 bits per heavy atom. The number of aliphatic hydroxyl groups excluding tert-OH is 1. The van der Waals surface area contributed by atoms with Gasteiger partial charge in [-0.2, -0.15) is 0 Å². The minimum atomic E-state index is -0.685. The van der Waals surface area contributed by atoms with Crippen LogP contribution >= 0.6 is 0 Å². The van der Waals surface area contributed by atoms with Crippen LogP contribution < -0.4 is 0 Å². The van der Waals surface area contributed by atoms with Gasteiger partial charge in [0.25, 0.3) is 0 Å². The van der Waals surface area contributed by atoms with E-state index in [4.69, 9.17) is 5.11 Å². The lowest BCUT2D eigenvalue weighted by Gasteiger charge is -2.43. The standard InChI is InChI=1S/C15H23NO2/c1-15(18)12-16(9-7-14(15)8-10-17)11-13-5-3-2-4-6-13/h2-6,14,17-18H,7-12H2,1H3/t14-,15-/m0/s1. The highest BCUT2D eigenvalue weighted by molar-refractivity contribution is 5.14. The Morgan fingerprint density at radius 3 is 2.67 bits per heavy atom. The third-order valence-electron chi connectivity index (χ3n) is 3.94. The summed E-state index contributed by atoms with van der Waals surface area (Å²) in [4.78, 5) is 2.29. The first-order valence-electron chi connectivity index (χ1n) is 6.71. The molecule has 0 spiro atoms. The van der Waals surface area contributed by atoms with E-state index in [0.717, 1.165) is 19.5 Å². The molecule has 0 aliphatic carbocycles. The number of piperidine rings is 1. The van der Waals surface area contributed by atoms with Crippen molar-refractivity contribution in [3.63, 3.8) is 0 Å². The van der Waals surface area contributed by atoms with Gasteiger partial charge in [0.15, 0.2) is 0 Å². The van der Waals surface area contributed by atoms with Gasteiger partial charge in [0, 0.05) is 19.7 Å². The van der Waals surface area contributed by atoms with Crippen LogP contribution in [0, 0.1) is 5.92 Å². The van der Waals surface area contributed by atoms with E-state index in [-0.39, 0.29) is 12.5 Å². The topological polar surface area (TPSA) is 43.7 Å². The van der Waals surface area contributed by atoms with Gasteiger partial charge >= 0.3 is 0 Å². The lowest BCUT2D eigenvalue weighted by molar-refractivity contribution is -0.0717. The van der Waals surface area contributed by atoms with E-state index < -0.39 is 5.60 Å². The third-order valence-corrected chi connectivity index (χ3v) is 3.94. The molecule has 2 atom stereocenters. The second-order valence-corrected chi connectivity index (χ2v) is 5.55. The van der Waals surface area contributed by atoms with Gasteiger partial charge < -0.3 is 10.2 Å². The van der Waals surface area contributed by atoms with Crippen LogP contribution in [-0.2, 0) is 6.54 Å². The van der Waals surface area contributed by atoms with Crippen molar-refractivity contribution in [2.24, 2.45) is 5.92 Å². The van der Waals surface area contributed by atoms with Crippen LogP contribution in [0.2, 0.25) is 0 Å². The van der Waals surface area contributed by atoms with Crippen molar-refractivity contribution >= 4 is 0 Å². The highest BCUT2D eigenvalue weighted by Gasteiger charge is 2.37. The Labute approximate surface area is 109 Å². The van der Waals surface area contributed by atoms with Crippen molar-refractivity contribution in [3.05, 3.63) is 35.9 Å². The molecule has 0 amide bonds. The monoisotopic (exact) mass is 249 g/mol. The highest BCUT2D eigenvalue weighted by Crippen LogP contribution is 2.30. The molecule has 1 saturated heterocycles. The van der Waals surface area contributed by atoms with Gasteiger partial charge in [0.2, 0.25) is 0 Å². The van der Waals surface area contributed by atoms with Gasteiger partial charge in [-0.05, 0) is 37.8 Å². The zero-order valence-corrected chi connectivity index (χ0v) is 11.0. The molecular weight excluding hydrogens is 226 g/mol. The van der Waals surface area contributed by atoms with Crippen molar-refractivity contribution in [2.75, 3.05) is 19.7 Å². The molecule has 2 rings (SSSR count). The van der Waals surface area contributed by atoms with E-state index in [1.807, 2.05) is 25.1 Å². The molecular formula is C15H23NO2. The average molecular weight is 249 g/mol. The maximum absolute atomic E-state index is 10.5. The predicted octanol–water partition coefficient (Wildman–Crippen LogP) is 1.64. The second-order valence-electron chi connectivity index (χ2n) is 5.55. The van der Waals surface area contributed by atoms with E-state index in [2.05, 4.69) is 17.0 Å². The summed E-state index contributed by atoms with van der Waals surface area (Å²) in [6.45, 7) is 4.63. The van der Waals surface area contributed by atoms with Gasteiger partial charge in [-0.25, -0.2) is 0 Å². The van der Waals surface area contributed by atoms with Crippen molar-refractivity contribution in [1.82, 2.24) is 4.90 Å². The van der Waals surface area contributed by atoms with E-state index >= 15 is 0 Å². The largest absolute Gasteiger partial charge is 0.396 e. The molecule has 3 nitrogen and oxygen atoms in total. The zero-order valence-electron chi connectivity index (χ0n) is 11.0.